The number of hydrogen-bond acceptors (Lipinski definition) is 4. The van der Waals surface area contributed by atoms with Crippen molar-refractivity contribution >= 4 is 39.1 Å². The van der Waals surface area contributed by atoms with E-state index in [1.165, 1.54) is 29.2 Å². The van der Waals surface area contributed by atoms with Crippen LogP contribution in [-0.4, -0.2) is 43.8 Å². The van der Waals surface area contributed by atoms with E-state index in [-0.39, 0.29) is 23.4 Å². The molecular weight excluding hydrogens is 546 g/mol. The van der Waals surface area contributed by atoms with E-state index in [2.05, 4.69) is 5.32 Å². The topological polar surface area (TPSA) is 86.8 Å². The molecule has 1 atom stereocenters. The highest BCUT2D eigenvalue weighted by Gasteiger charge is 2.33. The van der Waals surface area contributed by atoms with Gasteiger partial charge in [-0.3, -0.25) is 13.9 Å². The SMILES string of the molecule is Cc1ccc(CN(C(=O)CN(c2ccc(C)cc2)S(=O)(=O)c2ccc(Cl)cc2)[C@H](C)C(=O)NC2CCCC2)cc1. The molecule has 2 amide bonds. The van der Waals surface area contributed by atoms with Gasteiger partial charge in [0.1, 0.15) is 12.6 Å². The van der Waals surface area contributed by atoms with Crippen molar-refractivity contribution in [3.8, 4) is 0 Å². The number of nitrogens with zero attached hydrogens (tertiary/aromatic N) is 2. The van der Waals surface area contributed by atoms with Crippen LogP contribution < -0.4 is 9.62 Å². The van der Waals surface area contributed by atoms with Crippen molar-refractivity contribution in [3.63, 3.8) is 0 Å². The first kappa shape index (κ1) is 29.6. The summed E-state index contributed by atoms with van der Waals surface area (Å²) in [5.74, 6) is -0.720. The van der Waals surface area contributed by atoms with Crippen LogP contribution in [0.1, 0.15) is 49.3 Å². The van der Waals surface area contributed by atoms with Gasteiger partial charge in [-0.15, -0.1) is 0 Å². The van der Waals surface area contributed by atoms with Crippen molar-refractivity contribution in [2.45, 2.75) is 70.0 Å². The number of halogens is 1. The molecular formula is C31H36ClN3O4S. The van der Waals surface area contributed by atoms with Gasteiger partial charge in [-0.25, -0.2) is 8.42 Å². The van der Waals surface area contributed by atoms with Crippen molar-refractivity contribution in [1.82, 2.24) is 10.2 Å². The van der Waals surface area contributed by atoms with Crippen LogP contribution in [0.15, 0.2) is 77.7 Å². The number of sulfonamides is 1. The van der Waals surface area contributed by atoms with E-state index in [0.29, 0.717) is 10.7 Å². The van der Waals surface area contributed by atoms with Gasteiger partial charge < -0.3 is 10.2 Å². The second kappa shape index (κ2) is 12.9. The number of carbonyl (C=O) groups excluding carboxylic acids is 2. The number of nitrogens with one attached hydrogen (secondary N) is 1. The van der Waals surface area contributed by atoms with Gasteiger partial charge in [-0.1, -0.05) is 72.0 Å². The summed E-state index contributed by atoms with van der Waals surface area (Å²) >= 11 is 6.01. The molecule has 9 heteroatoms. The molecule has 1 aliphatic rings. The first-order valence-corrected chi connectivity index (χ1v) is 15.4. The van der Waals surface area contributed by atoms with Crippen LogP contribution >= 0.6 is 11.6 Å². The van der Waals surface area contributed by atoms with Gasteiger partial charge in [-0.05, 0) is 75.6 Å². The van der Waals surface area contributed by atoms with Crippen LogP contribution in [-0.2, 0) is 26.2 Å². The van der Waals surface area contributed by atoms with E-state index < -0.39 is 28.5 Å². The molecule has 0 bridgehead atoms. The fraction of sp³-hybridized carbons (Fsp3) is 0.355. The largest absolute Gasteiger partial charge is 0.352 e. The molecule has 1 N–H and O–H groups in total. The zero-order valence-corrected chi connectivity index (χ0v) is 24.7. The monoisotopic (exact) mass is 581 g/mol. The molecule has 212 valence electrons. The van der Waals surface area contributed by atoms with Crippen LogP contribution in [0.2, 0.25) is 5.02 Å². The van der Waals surface area contributed by atoms with Crippen molar-refractivity contribution in [3.05, 3.63) is 94.5 Å². The lowest BCUT2D eigenvalue weighted by atomic mass is 10.1. The summed E-state index contributed by atoms with van der Waals surface area (Å²) in [5, 5.41) is 3.49. The smallest absolute Gasteiger partial charge is 0.264 e. The molecule has 3 aromatic carbocycles. The maximum Gasteiger partial charge on any atom is 0.264 e. The Morgan fingerprint density at radius 2 is 1.45 bits per heavy atom. The first-order chi connectivity index (χ1) is 19.0. The molecule has 0 aliphatic heterocycles. The number of carbonyl (C=O) groups is 2. The van der Waals surface area contributed by atoms with Gasteiger partial charge in [0.25, 0.3) is 10.0 Å². The lowest BCUT2D eigenvalue weighted by Crippen LogP contribution is -2.52. The minimum Gasteiger partial charge on any atom is -0.352 e. The second-order valence-electron chi connectivity index (χ2n) is 10.5. The fourth-order valence-corrected chi connectivity index (χ4v) is 6.38. The summed E-state index contributed by atoms with van der Waals surface area (Å²) in [4.78, 5) is 28.8. The molecule has 1 fully saturated rings. The lowest BCUT2D eigenvalue weighted by Gasteiger charge is -2.32. The normalized spacial score (nSPS) is 14.5. The van der Waals surface area contributed by atoms with E-state index in [9.17, 15) is 18.0 Å². The third-order valence-corrected chi connectivity index (χ3v) is 9.38. The van der Waals surface area contributed by atoms with Crippen molar-refractivity contribution in [2.75, 3.05) is 10.8 Å². The maximum atomic E-state index is 14.0. The molecule has 0 unspecified atom stereocenters. The molecule has 0 aromatic heterocycles. The zero-order chi connectivity index (χ0) is 28.9. The average molecular weight is 582 g/mol. The summed E-state index contributed by atoms with van der Waals surface area (Å²) < 4.78 is 28.8. The van der Waals surface area contributed by atoms with E-state index in [0.717, 1.165) is 46.7 Å². The molecule has 1 saturated carbocycles. The van der Waals surface area contributed by atoms with Gasteiger partial charge in [0, 0.05) is 17.6 Å². The van der Waals surface area contributed by atoms with Gasteiger partial charge in [0.2, 0.25) is 11.8 Å². The highest BCUT2D eigenvalue weighted by Crippen LogP contribution is 2.26. The molecule has 1 aliphatic carbocycles. The predicted molar refractivity (Wildman–Crippen MR) is 159 cm³/mol. The Kier molecular flexibility index (Phi) is 9.53. The summed E-state index contributed by atoms with van der Waals surface area (Å²) in [6.45, 7) is 5.27. The Morgan fingerprint density at radius 3 is 2.02 bits per heavy atom. The molecule has 7 nitrogen and oxygen atoms in total. The summed E-state index contributed by atoms with van der Waals surface area (Å²) in [6.07, 6.45) is 3.98. The Morgan fingerprint density at radius 1 is 0.900 bits per heavy atom. The van der Waals surface area contributed by atoms with Crippen LogP contribution in [0.25, 0.3) is 0 Å². The van der Waals surface area contributed by atoms with E-state index in [1.807, 2.05) is 38.1 Å². The molecule has 0 radical (unpaired) electrons. The summed E-state index contributed by atoms with van der Waals surface area (Å²) in [5.41, 5.74) is 3.24. The first-order valence-electron chi connectivity index (χ1n) is 13.5. The highest BCUT2D eigenvalue weighted by atomic mass is 35.5. The molecule has 0 spiro atoms. The van der Waals surface area contributed by atoms with Crippen molar-refractivity contribution < 1.29 is 18.0 Å². The number of aryl methyl sites for hydroxylation is 2. The number of anilines is 1. The predicted octanol–water partition coefficient (Wildman–Crippen LogP) is 5.63. The van der Waals surface area contributed by atoms with E-state index in [1.54, 1.807) is 31.2 Å². The standard InChI is InChI=1S/C31H36ClN3O4S/c1-22-8-12-25(13-9-22)20-34(24(3)31(37)33-27-6-4-5-7-27)30(36)21-35(28-16-10-23(2)11-17-28)40(38,39)29-18-14-26(32)15-19-29/h8-19,24,27H,4-7,20-21H2,1-3H3,(H,33,37)/t24-/m1/s1. The fourth-order valence-electron chi connectivity index (χ4n) is 4.84. The van der Waals surface area contributed by atoms with Gasteiger partial charge in [0.15, 0.2) is 0 Å². The molecule has 0 saturated heterocycles. The minimum absolute atomic E-state index is 0.0161. The number of hydrogen-bond donors (Lipinski definition) is 1. The van der Waals surface area contributed by atoms with E-state index in [4.69, 9.17) is 11.6 Å². The number of amides is 2. The minimum atomic E-state index is -4.13. The summed E-state index contributed by atoms with van der Waals surface area (Å²) in [7, 11) is -4.13. The number of benzene rings is 3. The van der Waals surface area contributed by atoms with Gasteiger partial charge in [0.05, 0.1) is 10.6 Å². The average Bonchev–Trinajstić information content (AvgIpc) is 3.44. The molecule has 0 heterocycles. The molecule has 4 rings (SSSR count). The van der Waals surface area contributed by atoms with Gasteiger partial charge >= 0.3 is 0 Å². The third kappa shape index (κ3) is 7.23. The van der Waals surface area contributed by atoms with Crippen molar-refractivity contribution in [1.29, 1.82) is 0 Å². The van der Waals surface area contributed by atoms with Gasteiger partial charge in [-0.2, -0.15) is 0 Å². The zero-order valence-electron chi connectivity index (χ0n) is 23.1. The Hall–Kier alpha value is -3.36. The Balaban J connectivity index is 1.67. The Labute approximate surface area is 242 Å². The van der Waals surface area contributed by atoms with Crippen LogP contribution in [0.4, 0.5) is 5.69 Å². The highest BCUT2D eigenvalue weighted by molar-refractivity contribution is 7.92. The van der Waals surface area contributed by atoms with Crippen LogP contribution in [0.5, 0.6) is 0 Å². The lowest BCUT2D eigenvalue weighted by molar-refractivity contribution is -0.139. The van der Waals surface area contributed by atoms with Crippen molar-refractivity contribution in [2.24, 2.45) is 0 Å². The quantitative estimate of drug-likeness (QED) is 0.336. The maximum absolute atomic E-state index is 14.0. The molecule has 40 heavy (non-hydrogen) atoms. The van der Waals surface area contributed by atoms with Crippen LogP contribution in [0, 0.1) is 13.8 Å². The number of rotatable bonds is 10. The summed E-state index contributed by atoms with van der Waals surface area (Å²) in [6, 6.07) is 19.8. The van der Waals surface area contributed by atoms with Crippen LogP contribution in [0.3, 0.4) is 0 Å². The van der Waals surface area contributed by atoms with E-state index >= 15 is 0 Å². The molecule has 3 aromatic rings. The Bertz CT molecular complexity index is 1420. The second-order valence-corrected chi connectivity index (χ2v) is 12.8. The third-order valence-electron chi connectivity index (χ3n) is 7.34.